The minimum Gasteiger partial charge on any atom is -0.229 e. The maximum Gasteiger partial charge on any atom is 0.147 e. The summed E-state index contributed by atoms with van der Waals surface area (Å²) in [7, 11) is -2.83. The molecule has 1 aliphatic rings. The molecule has 0 aromatic carbocycles. The second kappa shape index (κ2) is 3.77. The number of rotatable bonds is 5. The smallest absolute Gasteiger partial charge is 0.147 e. The van der Waals surface area contributed by atoms with Gasteiger partial charge in [0.1, 0.15) is 9.84 Å². The lowest BCUT2D eigenvalue weighted by Gasteiger charge is -2.26. The SMILES string of the molecule is CC(CCl)(CCS(C)(=O)=O)C1CC1. The summed E-state index contributed by atoms with van der Waals surface area (Å²) in [5, 5.41) is 0. The third-order valence-corrected chi connectivity index (χ3v) is 4.47. The minimum atomic E-state index is -2.83. The molecule has 0 amide bonds. The number of sulfone groups is 1. The fraction of sp³-hybridized carbons (Fsp3) is 1.00. The quantitative estimate of drug-likeness (QED) is 0.671. The van der Waals surface area contributed by atoms with Crippen molar-refractivity contribution in [2.75, 3.05) is 17.9 Å². The molecule has 2 nitrogen and oxygen atoms in total. The third-order valence-electron chi connectivity index (χ3n) is 2.91. The molecule has 1 unspecified atom stereocenters. The van der Waals surface area contributed by atoms with Crippen molar-refractivity contribution in [3.8, 4) is 0 Å². The lowest BCUT2D eigenvalue weighted by atomic mass is 9.84. The van der Waals surface area contributed by atoms with Crippen LogP contribution in [0, 0.1) is 11.3 Å². The number of hydrogen-bond donors (Lipinski definition) is 0. The topological polar surface area (TPSA) is 34.1 Å². The lowest BCUT2D eigenvalue weighted by molar-refractivity contribution is 0.304. The Labute approximate surface area is 85.6 Å². The molecule has 0 aromatic rings. The van der Waals surface area contributed by atoms with E-state index in [2.05, 4.69) is 6.92 Å². The molecular weight excluding hydrogens is 208 g/mol. The molecule has 1 saturated carbocycles. The van der Waals surface area contributed by atoms with Gasteiger partial charge in [0.15, 0.2) is 0 Å². The zero-order chi connectivity index (χ0) is 10.1. The van der Waals surface area contributed by atoms with Crippen LogP contribution < -0.4 is 0 Å². The van der Waals surface area contributed by atoms with Gasteiger partial charge in [0.2, 0.25) is 0 Å². The van der Waals surface area contributed by atoms with Crippen molar-refractivity contribution in [3.63, 3.8) is 0 Å². The van der Waals surface area contributed by atoms with Gasteiger partial charge in [0.05, 0.1) is 5.75 Å². The van der Waals surface area contributed by atoms with Gasteiger partial charge in [0, 0.05) is 12.1 Å². The van der Waals surface area contributed by atoms with Crippen molar-refractivity contribution >= 4 is 21.4 Å². The molecule has 0 aliphatic heterocycles. The zero-order valence-corrected chi connectivity index (χ0v) is 9.79. The zero-order valence-electron chi connectivity index (χ0n) is 8.22. The highest BCUT2D eigenvalue weighted by Crippen LogP contribution is 2.48. The van der Waals surface area contributed by atoms with Gasteiger partial charge in [0.25, 0.3) is 0 Å². The van der Waals surface area contributed by atoms with E-state index in [0.29, 0.717) is 18.2 Å². The second-order valence-electron chi connectivity index (χ2n) is 4.44. The fourth-order valence-electron chi connectivity index (χ4n) is 1.58. The van der Waals surface area contributed by atoms with Crippen molar-refractivity contribution in [1.82, 2.24) is 0 Å². The van der Waals surface area contributed by atoms with Crippen molar-refractivity contribution in [3.05, 3.63) is 0 Å². The van der Waals surface area contributed by atoms with E-state index in [0.717, 1.165) is 0 Å². The van der Waals surface area contributed by atoms with E-state index in [9.17, 15) is 8.42 Å². The van der Waals surface area contributed by atoms with Crippen molar-refractivity contribution < 1.29 is 8.42 Å². The molecule has 0 radical (unpaired) electrons. The van der Waals surface area contributed by atoms with Crippen molar-refractivity contribution in [2.45, 2.75) is 26.2 Å². The van der Waals surface area contributed by atoms with Crippen molar-refractivity contribution in [1.29, 1.82) is 0 Å². The monoisotopic (exact) mass is 224 g/mol. The average molecular weight is 225 g/mol. The van der Waals surface area contributed by atoms with Crippen LogP contribution in [0.25, 0.3) is 0 Å². The summed E-state index contributed by atoms with van der Waals surface area (Å²) in [5.41, 5.74) is 0.0463. The Hall–Kier alpha value is 0.240. The Morgan fingerprint density at radius 1 is 1.46 bits per heavy atom. The first-order valence-corrected chi connectivity index (χ1v) is 7.20. The van der Waals surface area contributed by atoms with E-state index >= 15 is 0 Å². The van der Waals surface area contributed by atoms with E-state index in [1.165, 1.54) is 19.1 Å². The largest absolute Gasteiger partial charge is 0.229 e. The molecule has 0 spiro atoms. The van der Waals surface area contributed by atoms with Gasteiger partial charge >= 0.3 is 0 Å². The summed E-state index contributed by atoms with van der Waals surface area (Å²) < 4.78 is 22.0. The van der Waals surface area contributed by atoms with E-state index in [4.69, 9.17) is 11.6 Å². The molecule has 0 saturated heterocycles. The lowest BCUT2D eigenvalue weighted by Crippen LogP contribution is -2.24. The maximum atomic E-state index is 11.0. The van der Waals surface area contributed by atoms with Crippen LogP contribution in [0.15, 0.2) is 0 Å². The van der Waals surface area contributed by atoms with E-state index < -0.39 is 9.84 Å². The normalized spacial score (nSPS) is 22.7. The second-order valence-corrected chi connectivity index (χ2v) is 6.97. The number of halogens is 1. The predicted molar refractivity (Wildman–Crippen MR) is 55.9 cm³/mol. The molecule has 0 aromatic heterocycles. The Morgan fingerprint density at radius 2 is 2.00 bits per heavy atom. The third kappa shape index (κ3) is 3.47. The van der Waals surface area contributed by atoms with Crippen LogP contribution in [0.5, 0.6) is 0 Å². The summed E-state index contributed by atoms with van der Waals surface area (Å²) >= 11 is 5.88. The first-order valence-electron chi connectivity index (χ1n) is 4.61. The minimum absolute atomic E-state index is 0.0463. The molecule has 1 rings (SSSR count). The van der Waals surface area contributed by atoms with E-state index in [-0.39, 0.29) is 11.2 Å². The van der Waals surface area contributed by atoms with Crippen LogP contribution in [0.3, 0.4) is 0 Å². The Bertz CT molecular complexity index is 269. The maximum absolute atomic E-state index is 11.0. The number of hydrogen-bond acceptors (Lipinski definition) is 2. The molecule has 13 heavy (non-hydrogen) atoms. The predicted octanol–water partition coefficient (Wildman–Crippen LogP) is 2.08. The van der Waals surface area contributed by atoms with Crippen LogP contribution in [-0.4, -0.2) is 26.3 Å². The summed E-state index contributed by atoms with van der Waals surface area (Å²) in [4.78, 5) is 0. The van der Waals surface area contributed by atoms with Gasteiger partial charge in [-0.15, -0.1) is 11.6 Å². The molecule has 1 atom stereocenters. The summed E-state index contributed by atoms with van der Waals surface area (Å²) in [6.07, 6.45) is 4.43. The van der Waals surface area contributed by atoms with Crippen LogP contribution in [0.2, 0.25) is 0 Å². The molecule has 0 bridgehead atoms. The highest BCUT2D eigenvalue weighted by Gasteiger charge is 2.40. The molecule has 1 aliphatic carbocycles. The van der Waals surface area contributed by atoms with Crippen LogP contribution >= 0.6 is 11.6 Å². The molecular formula is C9H17ClO2S. The van der Waals surface area contributed by atoms with Crippen LogP contribution in [0.4, 0.5) is 0 Å². The highest BCUT2D eigenvalue weighted by molar-refractivity contribution is 7.90. The molecule has 0 N–H and O–H groups in total. The van der Waals surface area contributed by atoms with E-state index in [1.54, 1.807) is 0 Å². The van der Waals surface area contributed by atoms with Gasteiger partial charge in [-0.2, -0.15) is 0 Å². The Balaban J connectivity index is 2.49. The summed E-state index contributed by atoms with van der Waals surface area (Å²) in [6, 6.07) is 0. The van der Waals surface area contributed by atoms with Gasteiger partial charge in [-0.3, -0.25) is 0 Å². The molecule has 1 fully saturated rings. The van der Waals surface area contributed by atoms with Crippen molar-refractivity contribution in [2.24, 2.45) is 11.3 Å². The Kier molecular flexibility index (Phi) is 3.29. The summed E-state index contributed by atoms with van der Waals surface area (Å²) in [5.74, 6) is 1.51. The average Bonchev–Trinajstić information content (AvgIpc) is 2.81. The molecule has 0 heterocycles. The molecule has 78 valence electrons. The van der Waals surface area contributed by atoms with Gasteiger partial charge in [-0.25, -0.2) is 8.42 Å². The van der Waals surface area contributed by atoms with Gasteiger partial charge < -0.3 is 0 Å². The highest BCUT2D eigenvalue weighted by atomic mass is 35.5. The van der Waals surface area contributed by atoms with Gasteiger partial charge in [-0.1, -0.05) is 6.92 Å². The molecule has 4 heteroatoms. The van der Waals surface area contributed by atoms with Gasteiger partial charge in [-0.05, 0) is 30.6 Å². The van der Waals surface area contributed by atoms with Crippen LogP contribution in [0.1, 0.15) is 26.2 Å². The summed E-state index contributed by atoms with van der Waals surface area (Å²) in [6.45, 7) is 2.10. The van der Waals surface area contributed by atoms with E-state index in [1.807, 2.05) is 0 Å². The first-order chi connectivity index (χ1) is 5.87. The Morgan fingerprint density at radius 3 is 2.31 bits per heavy atom. The first kappa shape index (κ1) is 11.3. The number of alkyl halides is 1. The standard InChI is InChI=1S/C9H17ClO2S/c1-9(7-10,8-3-4-8)5-6-13(2,11)12/h8H,3-7H2,1-2H3. The fourth-order valence-corrected chi connectivity index (χ4v) is 2.77. The van der Waals surface area contributed by atoms with Crippen LogP contribution in [-0.2, 0) is 9.84 Å².